The molecule has 2 aromatic carbocycles. The molecule has 0 saturated heterocycles. The van der Waals surface area contributed by atoms with Gasteiger partial charge < -0.3 is 20.7 Å². The summed E-state index contributed by atoms with van der Waals surface area (Å²) in [5, 5.41) is 18.2. The van der Waals surface area contributed by atoms with Crippen LogP contribution in [0.1, 0.15) is 48.6 Å². The van der Waals surface area contributed by atoms with Gasteiger partial charge in [-0.2, -0.15) is 0 Å². The zero-order chi connectivity index (χ0) is 22.3. The molecule has 0 aliphatic carbocycles. The third-order valence-electron chi connectivity index (χ3n) is 5.63. The molecule has 5 N–H and O–H groups in total. The summed E-state index contributed by atoms with van der Waals surface area (Å²) < 4.78 is 13.9. The number of phenolic OH excluding ortho intramolecular Hbond substituents is 1. The van der Waals surface area contributed by atoms with Crippen LogP contribution in [0.3, 0.4) is 0 Å². The molecule has 0 fully saturated rings. The zero-order valence-electron chi connectivity index (χ0n) is 17.4. The number of carbonyl (C=O) groups is 1. The van der Waals surface area contributed by atoms with Crippen LogP contribution in [0, 0.1) is 11.2 Å². The molecular formula is C23H24FN5O2. The maximum Gasteiger partial charge on any atom is 0.222 e. The van der Waals surface area contributed by atoms with E-state index in [-0.39, 0.29) is 17.4 Å². The van der Waals surface area contributed by atoms with E-state index in [1.165, 1.54) is 12.1 Å². The Morgan fingerprint density at radius 1 is 1.29 bits per heavy atom. The summed E-state index contributed by atoms with van der Waals surface area (Å²) in [6.07, 6.45) is 1.07. The van der Waals surface area contributed by atoms with Crippen molar-refractivity contribution in [3.05, 3.63) is 64.5 Å². The number of fused-ring (bicyclic) bond motifs is 1. The molecule has 1 aliphatic heterocycles. The molecular weight excluding hydrogens is 397 g/mol. The van der Waals surface area contributed by atoms with Crippen molar-refractivity contribution in [2.75, 3.05) is 5.73 Å². The molecule has 31 heavy (non-hydrogen) atoms. The number of phenols is 1. The number of H-pyrrole nitrogens is 1. The van der Waals surface area contributed by atoms with Crippen LogP contribution in [-0.2, 0) is 24.3 Å². The number of nitrogens with zero attached hydrogens (tertiary/aromatic N) is 2. The predicted molar refractivity (Wildman–Crippen MR) is 116 cm³/mol. The molecule has 7 nitrogen and oxygen atoms in total. The topological polar surface area (TPSA) is 119 Å². The molecule has 2 heterocycles. The van der Waals surface area contributed by atoms with E-state index in [1.54, 1.807) is 23.1 Å². The van der Waals surface area contributed by atoms with Crippen molar-refractivity contribution in [1.29, 1.82) is 5.41 Å². The number of aromatic amines is 1. The molecule has 3 aromatic rings. The van der Waals surface area contributed by atoms with Gasteiger partial charge in [0.05, 0.1) is 24.5 Å². The number of rotatable bonds is 5. The first-order chi connectivity index (χ1) is 14.8. The van der Waals surface area contributed by atoms with Crippen LogP contribution in [0.15, 0.2) is 30.3 Å². The Labute approximate surface area is 179 Å². The van der Waals surface area contributed by atoms with Crippen LogP contribution in [0.5, 0.6) is 5.75 Å². The van der Waals surface area contributed by atoms with Crippen molar-refractivity contribution < 1.29 is 14.3 Å². The lowest BCUT2D eigenvalue weighted by atomic mass is 9.95. The molecule has 0 bridgehead atoms. The molecule has 160 valence electrons. The molecule has 1 aliphatic rings. The van der Waals surface area contributed by atoms with Gasteiger partial charge in [0, 0.05) is 17.7 Å². The second-order valence-electron chi connectivity index (χ2n) is 7.61. The fourth-order valence-electron chi connectivity index (χ4n) is 3.90. The monoisotopic (exact) mass is 421 g/mol. The number of imidazole rings is 1. The summed E-state index contributed by atoms with van der Waals surface area (Å²) in [5.41, 5.74) is 11.1. The van der Waals surface area contributed by atoms with Crippen LogP contribution in [0.2, 0.25) is 0 Å². The fraction of sp³-hybridized carbons (Fsp3) is 0.261. The highest BCUT2D eigenvalue weighted by Gasteiger charge is 2.27. The molecule has 1 aromatic heterocycles. The molecule has 4 rings (SSSR count). The summed E-state index contributed by atoms with van der Waals surface area (Å²) in [5.74, 6) is -0.599. The zero-order valence-corrected chi connectivity index (χ0v) is 17.4. The Kier molecular flexibility index (Phi) is 5.22. The summed E-state index contributed by atoms with van der Waals surface area (Å²) in [6.45, 7) is 4.65. The largest absolute Gasteiger partial charge is 0.505 e. The second-order valence-corrected chi connectivity index (χ2v) is 7.61. The van der Waals surface area contributed by atoms with E-state index >= 15 is 0 Å². The van der Waals surface area contributed by atoms with Crippen LogP contribution in [0.25, 0.3) is 11.1 Å². The minimum Gasteiger partial charge on any atom is -0.505 e. The number of aryl methyl sites for hydroxylation is 1. The van der Waals surface area contributed by atoms with E-state index in [0.29, 0.717) is 54.1 Å². The van der Waals surface area contributed by atoms with Crippen molar-refractivity contribution >= 4 is 17.3 Å². The third-order valence-corrected chi connectivity index (χ3v) is 5.63. The van der Waals surface area contributed by atoms with Crippen LogP contribution in [-0.4, -0.2) is 31.6 Å². The Morgan fingerprint density at radius 3 is 2.71 bits per heavy atom. The van der Waals surface area contributed by atoms with Gasteiger partial charge in [0.2, 0.25) is 5.91 Å². The first-order valence-corrected chi connectivity index (χ1v) is 10.2. The number of nitrogens with one attached hydrogen (secondary N) is 2. The van der Waals surface area contributed by atoms with Gasteiger partial charge in [-0.3, -0.25) is 10.2 Å². The van der Waals surface area contributed by atoms with Crippen molar-refractivity contribution in [3.63, 3.8) is 0 Å². The Hall–Kier alpha value is -3.68. The van der Waals surface area contributed by atoms with Gasteiger partial charge in [-0.1, -0.05) is 26.0 Å². The van der Waals surface area contributed by atoms with Gasteiger partial charge in [0.15, 0.2) is 17.4 Å². The molecule has 0 unspecified atom stereocenters. The number of anilines is 1. The average molecular weight is 421 g/mol. The minimum absolute atomic E-state index is 0.0694. The average Bonchev–Trinajstić information content (AvgIpc) is 3.33. The van der Waals surface area contributed by atoms with Crippen molar-refractivity contribution in [2.24, 2.45) is 0 Å². The minimum atomic E-state index is -0.691. The SMILES string of the molecule is CCC(=O)N1Cc2nc(C(=N)c3ccc(-c4cc(F)c(O)cc4CC)cc3N)[nH]c2C1. The number of hydrogen-bond acceptors (Lipinski definition) is 5. The van der Waals surface area contributed by atoms with Gasteiger partial charge in [-0.15, -0.1) is 0 Å². The summed E-state index contributed by atoms with van der Waals surface area (Å²) in [6, 6.07) is 7.93. The highest BCUT2D eigenvalue weighted by Crippen LogP contribution is 2.32. The van der Waals surface area contributed by atoms with E-state index in [1.807, 2.05) is 13.8 Å². The molecule has 0 saturated carbocycles. The van der Waals surface area contributed by atoms with E-state index in [0.717, 1.165) is 17.0 Å². The number of benzene rings is 2. The number of halogens is 1. The number of aromatic nitrogens is 2. The highest BCUT2D eigenvalue weighted by molar-refractivity contribution is 6.12. The van der Waals surface area contributed by atoms with E-state index in [2.05, 4.69) is 9.97 Å². The number of nitrogens with two attached hydrogens (primary N) is 1. The quantitative estimate of drug-likeness (QED) is 0.371. The van der Waals surface area contributed by atoms with Gasteiger partial charge in [-0.25, -0.2) is 9.37 Å². The standard InChI is InChI=1S/C23H24FN5O2/c1-3-12-8-20(30)16(24)9-15(12)13-5-6-14(17(25)7-13)22(26)23-27-18-10-29(21(31)4-2)11-19(18)28-23/h5-9,26,30H,3-4,10-11,25H2,1-2H3,(H,27,28). The number of carbonyl (C=O) groups excluding carboxylic acids is 1. The number of aromatic hydroxyl groups is 1. The fourth-order valence-corrected chi connectivity index (χ4v) is 3.90. The summed E-state index contributed by atoms with van der Waals surface area (Å²) >= 11 is 0. The maximum absolute atomic E-state index is 13.9. The number of amides is 1. The Bertz CT molecular complexity index is 1180. The van der Waals surface area contributed by atoms with Crippen molar-refractivity contribution in [2.45, 2.75) is 39.8 Å². The Balaban J connectivity index is 1.61. The van der Waals surface area contributed by atoms with Crippen LogP contribution in [0.4, 0.5) is 10.1 Å². The van der Waals surface area contributed by atoms with Gasteiger partial charge in [-0.05, 0) is 41.3 Å². The summed E-state index contributed by atoms with van der Waals surface area (Å²) in [7, 11) is 0. The lowest BCUT2D eigenvalue weighted by Crippen LogP contribution is -2.25. The first-order valence-electron chi connectivity index (χ1n) is 10.2. The second kappa shape index (κ2) is 7.86. The number of nitrogen functional groups attached to an aromatic ring is 1. The molecule has 0 atom stereocenters. The molecule has 8 heteroatoms. The molecule has 0 radical (unpaired) electrons. The number of hydrogen-bond donors (Lipinski definition) is 4. The molecule has 0 spiro atoms. The van der Waals surface area contributed by atoms with Crippen LogP contribution < -0.4 is 5.73 Å². The molecule has 1 amide bonds. The lowest BCUT2D eigenvalue weighted by Gasteiger charge is -2.14. The van der Waals surface area contributed by atoms with E-state index in [4.69, 9.17) is 11.1 Å². The smallest absolute Gasteiger partial charge is 0.222 e. The van der Waals surface area contributed by atoms with E-state index < -0.39 is 5.82 Å². The van der Waals surface area contributed by atoms with Gasteiger partial charge in [0.1, 0.15) is 5.71 Å². The third kappa shape index (κ3) is 3.65. The lowest BCUT2D eigenvalue weighted by molar-refractivity contribution is -0.131. The Morgan fingerprint density at radius 2 is 2.06 bits per heavy atom. The predicted octanol–water partition coefficient (Wildman–Crippen LogP) is 3.73. The van der Waals surface area contributed by atoms with Crippen molar-refractivity contribution in [3.8, 4) is 16.9 Å². The highest BCUT2D eigenvalue weighted by atomic mass is 19.1. The normalized spacial score (nSPS) is 12.8. The first kappa shape index (κ1) is 20.6. The summed E-state index contributed by atoms with van der Waals surface area (Å²) in [4.78, 5) is 21.3. The maximum atomic E-state index is 13.9. The van der Waals surface area contributed by atoms with E-state index in [9.17, 15) is 14.3 Å². The van der Waals surface area contributed by atoms with Crippen molar-refractivity contribution in [1.82, 2.24) is 14.9 Å². The van der Waals surface area contributed by atoms with Gasteiger partial charge >= 0.3 is 0 Å². The van der Waals surface area contributed by atoms with Crippen LogP contribution >= 0.6 is 0 Å². The van der Waals surface area contributed by atoms with Gasteiger partial charge in [0.25, 0.3) is 0 Å².